The first-order valence-corrected chi connectivity index (χ1v) is 6.06. The van der Waals surface area contributed by atoms with Crippen LogP contribution in [0.1, 0.15) is 17.2 Å². The van der Waals surface area contributed by atoms with E-state index in [2.05, 4.69) is 16.8 Å². The van der Waals surface area contributed by atoms with E-state index in [1.807, 2.05) is 18.2 Å². The molecule has 0 aliphatic carbocycles. The lowest BCUT2D eigenvalue weighted by Crippen LogP contribution is -2.44. The first-order chi connectivity index (χ1) is 8.22. The zero-order valence-electron chi connectivity index (χ0n) is 11.1. The van der Waals surface area contributed by atoms with Crippen LogP contribution in [0.3, 0.4) is 0 Å². The van der Waals surface area contributed by atoms with E-state index in [-0.39, 0.29) is 36.7 Å². The minimum atomic E-state index is -0.135. The van der Waals surface area contributed by atoms with Gasteiger partial charge in [0.05, 0.1) is 6.04 Å². The molecular formula is C14H21Cl2FN2. The largest absolute Gasteiger partial charge is 0.314 e. The van der Waals surface area contributed by atoms with Crippen molar-refractivity contribution in [3.05, 3.63) is 47.8 Å². The Labute approximate surface area is 126 Å². The van der Waals surface area contributed by atoms with Crippen LogP contribution in [0.25, 0.3) is 0 Å². The van der Waals surface area contributed by atoms with Gasteiger partial charge in [0, 0.05) is 26.2 Å². The molecule has 0 spiro atoms. The molecule has 1 fully saturated rings. The highest BCUT2D eigenvalue weighted by molar-refractivity contribution is 5.85. The molecule has 5 heteroatoms. The van der Waals surface area contributed by atoms with Crippen molar-refractivity contribution in [3.63, 3.8) is 0 Å². The third-order valence-electron chi connectivity index (χ3n) is 3.31. The molecule has 0 bridgehead atoms. The standard InChI is InChI=1S/C14H19FN2.2ClH/c1-3-14(17-8-6-16-7-9-17)12-5-4-11(2)13(15)10-12;;/h3-5,10,14,16H,1,6-9H2,2H3;2*1H/t14-;;/m1../s1. The Bertz CT molecular complexity index is 406. The number of aryl methyl sites for hydroxylation is 1. The Kier molecular flexibility index (Phi) is 8.26. The molecule has 1 saturated heterocycles. The first kappa shape index (κ1) is 18.4. The smallest absolute Gasteiger partial charge is 0.126 e. The fourth-order valence-electron chi connectivity index (χ4n) is 2.25. The van der Waals surface area contributed by atoms with Gasteiger partial charge in [-0.15, -0.1) is 31.4 Å². The highest BCUT2D eigenvalue weighted by atomic mass is 35.5. The minimum absolute atomic E-state index is 0. The van der Waals surface area contributed by atoms with E-state index < -0.39 is 0 Å². The van der Waals surface area contributed by atoms with Crippen molar-refractivity contribution in [2.24, 2.45) is 0 Å². The van der Waals surface area contributed by atoms with Crippen LogP contribution in [0.4, 0.5) is 4.39 Å². The van der Waals surface area contributed by atoms with Gasteiger partial charge in [-0.2, -0.15) is 0 Å². The number of rotatable bonds is 3. The summed E-state index contributed by atoms with van der Waals surface area (Å²) in [6, 6.07) is 5.58. The van der Waals surface area contributed by atoms with Crippen molar-refractivity contribution in [3.8, 4) is 0 Å². The van der Waals surface area contributed by atoms with Crippen molar-refractivity contribution in [2.75, 3.05) is 26.2 Å². The average molecular weight is 307 g/mol. The SMILES string of the molecule is C=C[C@H](c1ccc(C)c(F)c1)N1CCNCC1.Cl.Cl. The van der Waals surface area contributed by atoms with E-state index in [9.17, 15) is 4.39 Å². The van der Waals surface area contributed by atoms with Crippen LogP contribution in [-0.4, -0.2) is 31.1 Å². The van der Waals surface area contributed by atoms with Crippen LogP contribution in [-0.2, 0) is 0 Å². The third kappa shape index (κ3) is 4.46. The van der Waals surface area contributed by atoms with Gasteiger partial charge < -0.3 is 5.32 Å². The topological polar surface area (TPSA) is 15.3 Å². The Hall–Kier alpha value is -0.610. The molecule has 108 valence electrons. The second-order valence-electron chi connectivity index (χ2n) is 4.48. The zero-order chi connectivity index (χ0) is 12.3. The fraction of sp³-hybridized carbons (Fsp3) is 0.429. The zero-order valence-corrected chi connectivity index (χ0v) is 12.7. The van der Waals surface area contributed by atoms with Gasteiger partial charge in [0.15, 0.2) is 0 Å². The van der Waals surface area contributed by atoms with Gasteiger partial charge >= 0.3 is 0 Å². The molecule has 1 atom stereocenters. The maximum Gasteiger partial charge on any atom is 0.126 e. The lowest BCUT2D eigenvalue weighted by atomic mass is 10.0. The second-order valence-corrected chi connectivity index (χ2v) is 4.48. The van der Waals surface area contributed by atoms with Crippen molar-refractivity contribution < 1.29 is 4.39 Å². The van der Waals surface area contributed by atoms with E-state index in [1.165, 1.54) is 0 Å². The van der Waals surface area contributed by atoms with E-state index in [0.29, 0.717) is 5.56 Å². The summed E-state index contributed by atoms with van der Waals surface area (Å²) >= 11 is 0. The number of nitrogens with one attached hydrogen (secondary N) is 1. The van der Waals surface area contributed by atoms with E-state index in [0.717, 1.165) is 31.7 Å². The first-order valence-electron chi connectivity index (χ1n) is 6.06. The fourth-order valence-corrected chi connectivity index (χ4v) is 2.25. The summed E-state index contributed by atoms with van der Waals surface area (Å²) in [6.07, 6.45) is 1.90. The predicted molar refractivity (Wildman–Crippen MR) is 83.0 cm³/mol. The monoisotopic (exact) mass is 306 g/mol. The molecule has 0 amide bonds. The molecule has 1 N–H and O–H groups in total. The lowest BCUT2D eigenvalue weighted by Gasteiger charge is -2.33. The van der Waals surface area contributed by atoms with Crippen molar-refractivity contribution in [1.82, 2.24) is 10.2 Å². The van der Waals surface area contributed by atoms with Crippen LogP contribution in [0.2, 0.25) is 0 Å². The number of halogens is 3. The van der Waals surface area contributed by atoms with Gasteiger partial charge in [-0.25, -0.2) is 4.39 Å². The average Bonchev–Trinajstić information content (AvgIpc) is 2.36. The Morgan fingerprint density at radius 3 is 2.47 bits per heavy atom. The number of hydrogen-bond donors (Lipinski definition) is 1. The lowest BCUT2D eigenvalue weighted by molar-refractivity contribution is 0.203. The van der Waals surface area contributed by atoms with E-state index in [4.69, 9.17) is 0 Å². The van der Waals surface area contributed by atoms with E-state index >= 15 is 0 Å². The number of hydrogen-bond acceptors (Lipinski definition) is 2. The molecule has 1 heterocycles. The third-order valence-corrected chi connectivity index (χ3v) is 3.31. The molecule has 1 aromatic rings. The Morgan fingerprint density at radius 1 is 1.32 bits per heavy atom. The normalized spacial score (nSPS) is 16.9. The number of nitrogens with zero attached hydrogens (tertiary/aromatic N) is 1. The summed E-state index contributed by atoms with van der Waals surface area (Å²) in [5.41, 5.74) is 1.68. The highest BCUT2D eigenvalue weighted by Crippen LogP contribution is 2.23. The highest BCUT2D eigenvalue weighted by Gasteiger charge is 2.19. The molecule has 0 radical (unpaired) electrons. The summed E-state index contributed by atoms with van der Waals surface area (Å²) in [5, 5.41) is 3.32. The molecule has 0 aromatic heterocycles. The molecule has 2 rings (SSSR count). The Balaban J connectivity index is 0.00000162. The van der Waals surface area contributed by atoms with E-state index in [1.54, 1.807) is 13.0 Å². The van der Waals surface area contributed by atoms with Crippen molar-refractivity contribution >= 4 is 24.8 Å². The maximum absolute atomic E-state index is 13.6. The predicted octanol–water partition coefficient (Wildman–Crippen LogP) is 3.11. The molecule has 1 aliphatic rings. The second kappa shape index (κ2) is 8.54. The number of benzene rings is 1. The summed E-state index contributed by atoms with van der Waals surface area (Å²) in [4.78, 5) is 2.33. The molecule has 0 saturated carbocycles. The summed E-state index contributed by atoms with van der Waals surface area (Å²) in [6.45, 7) is 9.59. The summed E-state index contributed by atoms with van der Waals surface area (Å²) in [7, 11) is 0. The van der Waals surface area contributed by atoms with Crippen LogP contribution < -0.4 is 5.32 Å². The van der Waals surface area contributed by atoms with Gasteiger partial charge in [0.25, 0.3) is 0 Å². The quantitative estimate of drug-likeness (QED) is 0.863. The molecule has 1 aliphatic heterocycles. The van der Waals surface area contributed by atoms with Crippen LogP contribution in [0.15, 0.2) is 30.9 Å². The van der Waals surface area contributed by atoms with Crippen molar-refractivity contribution in [1.29, 1.82) is 0 Å². The minimum Gasteiger partial charge on any atom is -0.314 e. The van der Waals surface area contributed by atoms with Gasteiger partial charge in [-0.3, -0.25) is 4.90 Å². The molecule has 19 heavy (non-hydrogen) atoms. The molecular weight excluding hydrogens is 286 g/mol. The van der Waals surface area contributed by atoms with Gasteiger partial charge in [-0.05, 0) is 24.1 Å². The van der Waals surface area contributed by atoms with Gasteiger partial charge in [0.1, 0.15) is 5.82 Å². The maximum atomic E-state index is 13.6. The van der Waals surface area contributed by atoms with Gasteiger partial charge in [0.2, 0.25) is 0 Å². The summed E-state index contributed by atoms with van der Waals surface area (Å²) < 4.78 is 13.6. The molecule has 2 nitrogen and oxygen atoms in total. The van der Waals surface area contributed by atoms with Crippen LogP contribution >= 0.6 is 24.8 Å². The Morgan fingerprint density at radius 2 is 1.95 bits per heavy atom. The number of piperazine rings is 1. The van der Waals surface area contributed by atoms with Crippen LogP contribution in [0.5, 0.6) is 0 Å². The molecule has 0 unspecified atom stereocenters. The summed E-state index contributed by atoms with van der Waals surface area (Å²) in [5.74, 6) is -0.135. The van der Waals surface area contributed by atoms with Crippen LogP contribution in [0, 0.1) is 12.7 Å². The van der Waals surface area contributed by atoms with Crippen molar-refractivity contribution in [2.45, 2.75) is 13.0 Å². The molecule has 1 aromatic carbocycles. The van der Waals surface area contributed by atoms with Gasteiger partial charge in [-0.1, -0.05) is 18.2 Å².